The number of anilines is 1. The van der Waals surface area contributed by atoms with Gasteiger partial charge < -0.3 is 9.84 Å². The molecular formula is C12H11N5O. The van der Waals surface area contributed by atoms with Gasteiger partial charge in [-0.05, 0) is 12.1 Å². The molecule has 0 amide bonds. The number of hydrogen-bond acceptors (Lipinski definition) is 5. The molecule has 6 heteroatoms. The second kappa shape index (κ2) is 4.70. The summed E-state index contributed by atoms with van der Waals surface area (Å²) >= 11 is 0. The number of benzene rings is 1. The first-order valence-corrected chi connectivity index (χ1v) is 5.53. The van der Waals surface area contributed by atoms with Crippen molar-refractivity contribution < 1.29 is 4.52 Å². The Morgan fingerprint density at radius 2 is 2.06 bits per heavy atom. The number of nitrogens with one attached hydrogen (secondary N) is 1. The molecule has 0 fully saturated rings. The second-order valence-corrected chi connectivity index (χ2v) is 3.73. The van der Waals surface area contributed by atoms with E-state index in [-0.39, 0.29) is 0 Å². The highest BCUT2D eigenvalue weighted by Gasteiger charge is 2.03. The zero-order valence-electron chi connectivity index (χ0n) is 9.52. The molecule has 0 bridgehead atoms. The van der Waals surface area contributed by atoms with Crippen LogP contribution in [0.15, 0.2) is 53.4 Å². The molecule has 0 unspecified atom stereocenters. The highest BCUT2D eigenvalue weighted by molar-refractivity contribution is 5.32. The number of nitrogens with zero attached hydrogens (tertiary/aromatic N) is 4. The van der Waals surface area contributed by atoms with E-state index >= 15 is 0 Å². The van der Waals surface area contributed by atoms with Crippen LogP contribution in [0.2, 0.25) is 0 Å². The molecule has 0 atom stereocenters. The smallest absolute Gasteiger partial charge is 0.169 e. The SMILES string of the molecule is c1ccc(-n2cc(CNc3ccon3)nn2)cc1. The molecule has 0 aliphatic heterocycles. The van der Waals surface area contributed by atoms with E-state index in [0.29, 0.717) is 12.4 Å². The summed E-state index contributed by atoms with van der Waals surface area (Å²) in [5, 5.41) is 15.0. The van der Waals surface area contributed by atoms with Gasteiger partial charge in [0.05, 0.1) is 18.4 Å². The van der Waals surface area contributed by atoms with E-state index in [2.05, 4.69) is 20.8 Å². The Labute approximate surface area is 103 Å². The standard InChI is InChI=1S/C12H11N5O/c1-2-4-11(5-3-1)17-9-10(14-16-17)8-13-12-6-7-18-15-12/h1-7,9H,8H2,(H,13,15). The average molecular weight is 241 g/mol. The zero-order valence-corrected chi connectivity index (χ0v) is 9.52. The Kier molecular flexibility index (Phi) is 2.75. The van der Waals surface area contributed by atoms with Gasteiger partial charge in [-0.25, -0.2) is 4.68 Å². The molecule has 3 rings (SSSR count). The summed E-state index contributed by atoms with van der Waals surface area (Å²) < 4.78 is 6.46. The van der Waals surface area contributed by atoms with Gasteiger partial charge in [-0.3, -0.25) is 0 Å². The average Bonchev–Trinajstić information content (AvgIpc) is 3.09. The predicted molar refractivity (Wildman–Crippen MR) is 65.2 cm³/mol. The minimum absolute atomic E-state index is 0.555. The highest BCUT2D eigenvalue weighted by atomic mass is 16.5. The fourth-order valence-electron chi connectivity index (χ4n) is 1.57. The first kappa shape index (κ1) is 10.5. The summed E-state index contributed by atoms with van der Waals surface area (Å²) in [6.45, 7) is 0.555. The predicted octanol–water partition coefficient (Wildman–Crippen LogP) is 1.87. The van der Waals surface area contributed by atoms with Crippen LogP contribution in [-0.2, 0) is 6.54 Å². The van der Waals surface area contributed by atoms with Gasteiger partial charge in [0.2, 0.25) is 0 Å². The van der Waals surface area contributed by atoms with Crippen LogP contribution >= 0.6 is 0 Å². The molecule has 18 heavy (non-hydrogen) atoms. The third-order valence-electron chi connectivity index (χ3n) is 2.45. The van der Waals surface area contributed by atoms with Crippen molar-refractivity contribution in [1.29, 1.82) is 0 Å². The second-order valence-electron chi connectivity index (χ2n) is 3.73. The maximum Gasteiger partial charge on any atom is 0.169 e. The fourth-order valence-corrected chi connectivity index (χ4v) is 1.57. The van der Waals surface area contributed by atoms with Crippen molar-refractivity contribution in [3.63, 3.8) is 0 Å². The van der Waals surface area contributed by atoms with Gasteiger partial charge in [-0.1, -0.05) is 28.6 Å². The minimum atomic E-state index is 0.555. The number of rotatable bonds is 4. The summed E-state index contributed by atoms with van der Waals surface area (Å²) in [6.07, 6.45) is 3.39. The van der Waals surface area contributed by atoms with Crippen LogP contribution in [-0.4, -0.2) is 20.2 Å². The molecule has 0 saturated carbocycles. The van der Waals surface area contributed by atoms with Crippen LogP contribution in [0.25, 0.3) is 5.69 Å². The number of aromatic nitrogens is 4. The highest BCUT2D eigenvalue weighted by Crippen LogP contribution is 2.07. The van der Waals surface area contributed by atoms with Crippen LogP contribution in [0, 0.1) is 0 Å². The Bertz CT molecular complexity index is 602. The molecule has 2 heterocycles. The summed E-state index contributed by atoms with van der Waals surface area (Å²) in [5.74, 6) is 0.685. The van der Waals surface area contributed by atoms with Gasteiger partial charge in [-0.2, -0.15) is 0 Å². The van der Waals surface area contributed by atoms with Crippen molar-refractivity contribution in [2.45, 2.75) is 6.54 Å². The van der Waals surface area contributed by atoms with Crippen molar-refractivity contribution in [3.8, 4) is 5.69 Å². The third-order valence-corrected chi connectivity index (χ3v) is 2.45. The summed E-state index contributed by atoms with van der Waals surface area (Å²) in [5.41, 5.74) is 1.82. The lowest BCUT2D eigenvalue weighted by Gasteiger charge is -1.98. The topological polar surface area (TPSA) is 68.8 Å². The van der Waals surface area contributed by atoms with E-state index in [0.717, 1.165) is 11.4 Å². The first-order chi connectivity index (χ1) is 8.92. The van der Waals surface area contributed by atoms with Gasteiger partial charge in [0.1, 0.15) is 12.0 Å². The molecule has 0 aliphatic carbocycles. The van der Waals surface area contributed by atoms with E-state index in [4.69, 9.17) is 4.52 Å². The molecule has 2 aromatic heterocycles. The Morgan fingerprint density at radius 1 is 1.17 bits per heavy atom. The van der Waals surface area contributed by atoms with E-state index in [1.54, 1.807) is 10.7 Å². The van der Waals surface area contributed by atoms with Crippen molar-refractivity contribution in [2.24, 2.45) is 0 Å². The van der Waals surface area contributed by atoms with Crippen LogP contribution in [0.3, 0.4) is 0 Å². The van der Waals surface area contributed by atoms with Crippen molar-refractivity contribution in [2.75, 3.05) is 5.32 Å². The molecule has 0 spiro atoms. The fraction of sp³-hybridized carbons (Fsp3) is 0.0833. The lowest BCUT2D eigenvalue weighted by molar-refractivity contribution is 0.422. The molecule has 6 nitrogen and oxygen atoms in total. The molecule has 0 aliphatic rings. The summed E-state index contributed by atoms with van der Waals surface area (Å²) in [6, 6.07) is 11.6. The third kappa shape index (κ3) is 2.22. The molecular weight excluding hydrogens is 230 g/mol. The largest absolute Gasteiger partial charge is 0.363 e. The van der Waals surface area contributed by atoms with E-state index in [1.165, 1.54) is 6.26 Å². The Morgan fingerprint density at radius 3 is 2.83 bits per heavy atom. The Balaban J connectivity index is 1.70. The number of hydrogen-bond donors (Lipinski definition) is 1. The van der Waals surface area contributed by atoms with E-state index in [9.17, 15) is 0 Å². The monoisotopic (exact) mass is 241 g/mol. The lowest BCUT2D eigenvalue weighted by atomic mass is 10.3. The normalized spacial score (nSPS) is 10.4. The zero-order chi connectivity index (χ0) is 12.2. The van der Waals surface area contributed by atoms with Crippen molar-refractivity contribution in [3.05, 3.63) is 54.6 Å². The number of para-hydroxylation sites is 1. The minimum Gasteiger partial charge on any atom is -0.363 e. The van der Waals surface area contributed by atoms with Gasteiger partial charge in [-0.15, -0.1) is 5.10 Å². The molecule has 90 valence electrons. The molecule has 0 radical (unpaired) electrons. The molecule has 3 aromatic rings. The molecule has 1 aromatic carbocycles. The first-order valence-electron chi connectivity index (χ1n) is 5.53. The van der Waals surface area contributed by atoms with Crippen LogP contribution < -0.4 is 5.32 Å². The van der Waals surface area contributed by atoms with Crippen LogP contribution in [0.5, 0.6) is 0 Å². The van der Waals surface area contributed by atoms with Gasteiger partial charge in [0.15, 0.2) is 5.82 Å². The summed E-state index contributed by atoms with van der Waals surface area (Å²) in [7, 11) is 0. The Hall–Kier alpha value is -2.63. The van der Waals surface area contributed by atoms with E-state index in [1.807, 2.05) is 36.5 Å². The van der Waals surface area contributed by atoms with Gasteiger partial charge in [0.25, 0.3) is 0 Å². The quantitative estimate of drug-likeness (QED) is 0.755. The maximum atomic E-state index is 4.72. The van der Waals surface area contributed by atoms with Gasteiger partial charge in [0, 0.05) is 6.07 Å². The maximum absolute atomic E-state index is 4.72. The van der Waals surface area contributed by atoms with E-state index < -0.39 is 0 Å². The van der Waals surface area contributed by atoms with Gasteiger partial charge >= 0.3 is 0 Å². The van der Waals surface area contributed by atoms with Crippen molar-refractivity contribution >= 4 is 5.82 Å². The molecule has 0 saturated heterocycles. The molecule has 1 N–H and O–H groups in total. The van der Waals surface area contributed by atoms with Crippen LogP contribution in [0.1, 0.15) is 5.69 Å². The lowest BCUT2D eigenvalue weighted by Crippen LogP contribution is -1.99. The summed E-state index contributed by atoms with van der Waals surface area (Å²) in [4.78, 5) is 0. The van der Waals surface area contributed by atoms with Crippen LogP contribution in [0.4, 0.5) is 5.82 Å². The van der Waals surface area contributed by atoms with Crippen molar-refractivity contribution in [1.82, 2.24) is 20.2 Å².